The van der Waals surface area contributed by atoms with Gasteiger partial charge in [-0.1, -0.05) is 40.2 Å². The lowest BCUT2D eigenvalue weighted by atomic mass is 10.2. The van der Waals surface area contributed by atoms with E-state index in [1.54, 1.807) is 29.5 Å². The smallest absolute Gasteiger partial charge is 0.276 e. The maximum absolute atomic E-state index is 11.2. The SMILES string of the molecule is O=[N+]([O-])c1ccccc1COc1ccc(Br)cc1-c1nc2ccccc2s1. The molecule has 0 aliphatic rings. The minimum atomic E-state index is -0.394. The van der Waals surface area contributed by atoms with E-state index in [2.05, 4.69) is 15.9 Å². The zero-order chi connectivity index (χ0) is 18.8. The van der Waals surface area contributed by atoms with Gasteiger partial charge in [0, 0.05) is 10.5 Å². The zero-order valence-electron chi connectivity index (χ0n) is 14.0. The van der Waals surface area contributed by atoms with E-state index in [1.807, 2.05) is 42.5 Å². The number of para-hydroxylation sites is 2. The Morgan fingerprint density at radius 1 is 1.07 bits per heavy atom. The number of nitro groups is 1. The van der Waals surface area contributed by atoms with Crippen LogP contribution in [-0.4, -0.2) is 9.91 Å². The topological polar surface area (TPSA) is 65.3 Å². The van der Waals surface area contributed by atoms with E-state index < -0.39 is 4.92 Å². The van der Waals surface area contributed by atoms with Crippen LogP contribution in [0.4, 0.5) is 5.69 Å². The average Bonchev–Trinajstić information content (AvgIpc) is 3.11. The molecule has 0 unspecified atom stereocenters. The molecule has 134 valence electrons. The zero-order valence-corrected chi connectivity index (χ0v) is 16.4. The van der Waals surface area contributed by atoms with Gasteiger partial charge >= 0.3 is 0 Å². The summed E-state index contributed by atoms with van der Waals surface area (Å²) >= 11 is 5.08. The molecule has 1 aromatic heterocycles. The third-order valence-corrected chi connectivity index (χ3v) is 5.60. The second kappa shape index (κ2) is 7.46. The van der Waals surface area contributed by atoms with Gasteiger partial charge in [-0.15, -0.1) is 11.3 Å². The number of halogens is 1. The Balaban J connectivity index is 1.69. The summed E-state index contributed by atoms with van der Waals surface area (Å²) in [7, 11) is 0. The van der Waals surface area contributed by atoms with Crippen molar-refractivity contribution in [1.82, 2.24) is 4.98 Å². The largest absolute Gasteiger partial charge is 0.488 e. The third-order valence-electron chi connectivity index (χ3n) is 4.04. The van der Waals surface area contributed by atoms with E-state index in [9.17, 15) is 10.1 Å². The first kappa shape index (κ1) is 17.6. The molecule has 0 radical (unpaired) electrons. The van der Waals surface area contributed by atoms with Crippen molar-refractivity contribution in [3.8, 4) is 16.3 Å². The van der Waals surface area contributed by atoms with Gasteiger partial charge in [-0.3, -0.25) is 10.1 Å². The van der Waals surface area contributed by atoms with E-state index >= 15 is 0 Å². The number of thiazole rings is 1. The van der Waals surface area contributed by atoms with E-state index in [0.29, 0.717) is 11.3 Å². The number of rotatable bonds is 5. The lowest BCUT2D eigenvalue weighted by Crippen LogP contribution is -2.01. The van der Waals surface area contributed by atoms with E-state index in [-0.39, 0.29) is 12.3 Å². The Morgan fingerprint density at radius 3 is 2.67 bits per heavy atom. The summed E-state index contributed by atoms with van der Waals surface area (Å²) in [6, 6.07) is 20.2. The molecule has 0 saturated carbocycles. The van der Waals surface area contributed by atoms with Crippen LogP contribution in [0.1, 0.15) is 5.56 Å². The van der Waals surface area contributed by atoms with E-state index in [1.165, 1.54) is 6.07 Å². The first-order valence-electron chi connectivity index (χ1n) is 8.12. The lowest BCUT2D eigenvalue weighted by molar-refractivity contribution is -0.385. The highest BCUT2D eigenvalue weighted by Crippen LogP contribution is 2.38. The second-order valence-electron chi connectivity index (χ2n) is 5.80. The van der Waals surface area contributed by atoms with Gasteiger partial charge in [-0.25, -0.2) is 4.98 Å². The molecule has 0 N–H and O–H groups in total. The van der Waals surface area contributed by atoms with Crippen LogP contribution in [0.15, 0.2) is 71.2 Å². The molecule has 0 atom stereocenters. The minimum absolute atomic E-state index is 0.0520. The van der Waals surface area contributed by atoms with Crippen LogP contribution < -0.4 is 4.74 Å². The first-order valence-corrected chi connectivity index (χ1v) is 9.73. The number of aromatic nitrogens is 1. The van der Waals surface area contributed by atoms with Crippen molar-refractivity contribution in [3.63, 3.8) is 0 Å². The van der Waals surface area contributed by atoms with Crippen LogP contribution in [0.5, 0.6) is 5.75 Å². The Kier molecular flexibility index (Phi) is 4.87. The van der Waals surface area contributed by atoms with Crippen molar-refractivity contribution in [2.75, 3.05) is 0 Å². The number of nitro benzene ring substituents is 1. The van der Waals surface area contributed by atoms with Gasteiger partial charge in [0.05, 0.1) is 26.3 Å². The van der Waals surface area contributed by atoms with Gasteiger partial charge in [0.1, 0.15) is 17.4 Å². The Labute approximate surface area is 167 Å². The number of hydrogen-bond donors (Lipinski definition) is 0. The maximum Gasteiger partial charge on any atom is 0.276 e. The fourth-order valence-corrected chi connectivity index (χ4v) is 4.10. The number of nitrogens with zero attached hydrogens (tertiary/aromatic N) is 2. The monoisotopic (exact) mass is 440 g/mol. The van der Waals surface area contributed by atoms with Crippen LogP contribution in [0, 0.1) is 10.1 Å². The second-order valence-corrected chi connectivity index (χ2v) is 7.75. The van der Waals surface area contributed by atoms with Gasteiger partial charge < -0.3 is 4.74 Å². The van der Waals surface area contributed by atoms with Gasteiger partial charge in [0.2, 0.25) is 0 Å². The third kappa shape index (κ3) is 3.70. The van der Waals surface area contributed by atoms with Crippen molar-refractivity contribution in [2.45, 2.75) is 6.61 Å². The lowest BCUT2D eigenvalue weighted by Gasteiger charge is -2.11. The molecule has 0 amide bonds. The summed E-state index contributed by atoms with van der Waals surface area (Å²) < 4.78 is 7.97. The van der Waals surface area contributed by atoms with E-state index in [0.717, 1.165) is 25.3 Å². The van der Waals surface area contributed by atoms with Gasteiger partial charge in [-0.2, -0.15) is 0 Å². The molecule has 5 nitrogen and oxygen atoms in total. The average molecular weight is 441 g/mol. The number of benzene rings is 3. The highest BCUT2D eigenvalue weighted by molar-refractivity contribution is 9.10. The highest BCUT2D eigenvalue weighted by atomic mass is 79.9. The molecule has 3 aromatic carbocycles. The fourth-order valence-electron chi connectivity index (χ4n) is 2.75. The summed E-state index contributed by atoms with van der Waals surface area (Å²) in [5, 5.41) is 12.0. The van der Waals surface area contributed by atoms with Gasteiger partial charge in [-0.05, 0) is 36.4 Å². The predicted octanol–water partition coefficient (Wildman–Crippen LogP) is 6.21. The van der Waals surface area contributed by atoms with Crippen LogP contribution >= 0.6 is 27.3 Å². The molecule has 0 aliphatic carbocycles. The predicted molar refractivity (Wildman–Crippen MR) is 110 cm³/mol. The summed E-state index contributed by atoms with van der Waals surface area (Å²) in [4.78, 5) is 15.5. The summed E-state index contributed by atoms with van der Waals surface area (Å²) in [5.74, 6) is 0.635. The van der Waals surface area contributed by atoms with Crippen molar-refractivity contribution in [3.05, 3.63) is 86.9 Å². The minimum Gasteiger partial charge on any atom is -0.488 e. The molecule has 4 aromatic rings. The van der Waals surface area contributed by atoms with E-state index in [4.69, 9.17) is 9.72 Å². The Hall–Kier alpha value is -2.77. The summed E-state index contributed by atoms with van der Waals surface area (Å²) in [5.41, 5.74) is 2.36. The Morgan fingerprint density at radius 2 is 1.85 bits per heavy atom. The normalized spacial score (nSPS) is 10.9. The van der Waals surface area contributed by atoms with Crippen LogP contribution in [0.25, 0.3) is 20.8 Å². The van der Waals surface area contributed by atoms with Crippen molar-refractivity contribution < 1.29 is 9.66 Å². The standard InChI is InChI=1S/C20H13BrN2O3S/c21-14-9-10-18(26-12-13-5-1-3-7-17(13)23(24)25)15(11-14)20-22-16-6-2-4-8-19(16)27-20/h1-11H,12H2. The quantitative estimate of drug-likeness (QED) is 0.273. The molecule has 1 heterocycles. The molecule has 0 spiro atoms. The number of hydrogen-bond acceptors (Lipinski definition) is 5. The van der Waals surface area contributed by atoms with Gasteiger partial charge in [0.25, 0.3) is 5.69 Å². The Bertz CT molecular complexity index is 1110. The molecular weight excluding hydrogens is 428 g/mol. The molecule has 0 bridgehead atoms. The van der Waals surface area contributed by atoms with Crippen molar-refractivity contribution in [1.29, 1.82) is 0 Å². The van der Waals surface area contributed by atoms with Crippen LogP contribution in [-0.2, 0) is 6.61 Å². The molecule has 0 saturated heterocycles. The molecule has 27 heavy (non-hydrogen) atoms. The van der Waals surface area contributed by atoms with Gasteiger partial charge in [0.15, 0.2) is 0 Å². The number of fused-ring (bicyclic) bond motifs is 1. The van der Waals surface area contributed by atoms with Crippen LogP contribution in [0.2, 0.25) is 0 Å². The fraction of sp³-hybridized carbons (Fsp3) is 0.0500. The number of ether oxygens (including phenoxy) is 1. The molecule has 4 rings (SSSR count). The van der Waals surface area contributed by atoms with Crippen molar-refractivity contribution >= 4 is 43.2 Å². The molecule has 0 aliphatic heterocycles. The molecular formula is C20H13BrN2O3S. The van der Waals surface area contributed by atoms with Crippen molar-refractivity contribution in [2.24, 2.45) is 0 Å². The highest BCUT2D eigenvalue weighted by Gasteiger charge is 2.16. The first-order chi connectivity index (χ1) is 13.1. The summed E-state index contributed by atoms with van der Waals surface area (Å²) in [6.45, 7) is 0.108. The molecule has 7 heteroatoms. The van der Waals surface area contributed by atoms with Crippen LogP contribution in [0.3, 0.4) is 0 Å². The summed E-state index contributed by atoms with van der Waals surface area (Å²) in [6.07, 6.45) is 0. The molecule has 0 fully saturated rings. The maximum atomic E-state index is 11.2.